The Morgan fingerprint density at radius 2 is 2.15 bits per heavy atom. The summed E-state index contributed by atoms with van der Waals surface area (Å²) in [4.78, 5) is 11.1. The second kappa shape index (κ2) is 5.71. The molecule has 0 aliphatic heterocycles. The number of hydrogen-bond donors (Lipinski definition) is 0. The second-order valence-corrected chi connectivity index (χ2v) is 3.36. The molecule has 0 saturated carbocycles. The zero-order chi connectivity index (χ0) is 10.3. The molecule has 0 aromatic carbocycles. The zero-order valence-corrected chi connectivity index (χ0v) is 8.59. The van der Waals surface area contributed by atoms with Crippen molar-refractivity contribution in [2.45, 2.75) is 33.6 Å². The molecule has 3 nitrogen and oxygen atoms in total. The number of rotatable bonds is 6. The third-order valence-electron chi connectivity index (χ3n) is 2.12. The number of carbonyl (C=O) groups excluding carboxylic acids is 1. The molecule has 0 radical (unpaired) electrons. The Kier molecular flexibility index (Phi) is 5.33. The number of carbonyl (C=O) groups is 1. The first-order valence-corrected chi connectivity index (χ1v) is 4.57. The minimum atomic E-state index is -0.867. The van der Waals surface area contributed by atoms with E-state index in [9.17, 15) is 4.79 Å². The second-order valence-electron chi connectivity index (χ2n) is 3.36. The summed E-state index contributed by atoms with van der Waals surface area (Å²) in [5.41, 5.74) is -0.867. The summed E-state index contributed by atoms with van der Waals surface area (Å²) in [6, 6.07) is 2.03. The fourth-order valence-electron chi connectivity index (χ4n) is 0.833. The number of nitrogens with zero attached hydrogens (tertiary/aromatic N) is 1. The van der Waals surface area contributed by atoms with Crippen LogP contribution in [0.3, 0.4) is 0 Å². The van der Waals surface area contributed by atoms with Gasteiger partial charge in [-0.05, 0) is 26.7 Å². The first kappa shape index (κ1) is 12.1. The average Bonchev–Trinajstić information content (AvgIpc) is 2.12. The molecule has 1 unspecified atom stereocenters. The Morgan fingerprint density at radius 1 is 1.54 bits per heavy atom. The van der Waals surface area contributed by atoms with E-state index in [4.69, 9.17) is 10.00 Å². The van der Waals surface area contributed by atoms with E-state index in [0.717, 1.165) is 6.42 Å². The number of Topliss-reactive ketones (excluding diaryl/α,β-unsaturated/α-hetero) is 1. The summed E-state index contributed by atoms with van der Waals surface area (Å²) in [5, 5.41) is 8.79. The lowest BCUT2D eigenvalue weighted by Gasteiger charge is -2.17. The molecule has 74 valence electrons. The highest BCUT2D eigenvalue weighted by atomic mass is 16.5. The normalized spacial score (nSPS) is 14.6. The maximum Gasteiger partial charge on any atom is 0.149 e. The Labute approximate surface area is 79.7 Å². The van der Waals surface area contributed by atoms with Crippen molar-refractivity contribution in [1.82, 2.24) is 0 Å². The van der Waals surface area contributed by atoms with E-state index in [2.05, 4.69) is 0 Å². The quantitative estimate of drug-likeness (QED) is 0.591. The third kappa shape index (κ3) is 4.05. The predicted octanol–water partition coefficient (Wildman–Crippen LogP) is 1.92. The molecule has 0 rings (SSSR count). The van der Waals surface area contributed by atoms with Crippen LogP contribution in [0.4, 0.5) is 0 Å². The topological polar surface area (TPSA) is 50.1 Å². The lowest BCUT2D eigenvalue weighted by molar-refractivity contribution is -0.123. The lowest BCUT2D eigenvalue weighted by atomic mass is 9.85. The molecule has 0 N–H and O–H groups in total. The number of hydrogen-bond acceptors (Lipinski definition) is 3. The highest BCUT2D eigenvalue weighted by Crippen LogP contribution is 2.21. The highest BCUT2D eigenvalue weighted by molar-refractivity contribution is 5.84. The van der Waals surface area contributed by atoms with Crippen molar-refractivity contribution in [1.29, 1.82) is 5.26 Å². The number of nitriles is 1. The van der Waals surface area contributed by atoms with Crippen LogP contribution < -0.4 is 0 Å². The van der Waals surface area contributed by atoms with E-state index >= 15 is 0 Å². The van der Waals surface area contributed by atoms with Gasteiger partial charge < -0.3 is 4.74 Å². The minimum absolute atomic E-state index is 0.0879. The molecule has 0 amide bonds. The summed E-state index contributed by atoms with van der Waals surface area (Å²) in [7, 11) is 0. The monoisotopic (exact) mass is 183 g/mol. The van der Waals surface area contributed by atoms with Crippen LogP contribution in [0.1, 0.15) is 33.6 Å². The van der Waals surface area contributed by atoms with Gasteiger partial charge in [-0.2, -0.15) is 5.26 Å². The van der Waals surface area contributed by atoms with Crippen LogP contribution >= 0.6 is 0 Å². The van der Waals surface area contributed by atoms with Crippen molar-refractivity contribution in [2.75, 3.05) is 13.2 Å². The van der Waals surface area contributed by atoms with Gasteiger partial charge in [-0.3, -0.25) is 4.79 Å². The van der Waals surface area contributed by atoms with Crippen LogP contribution in [0.2, 0.25) is 0 Å². The van der Waals surface area contributed by atoms with Crippen molar-refractivity contribution in [2.24, 2.45) is 5.41 Å². The van der Waals surface area contributed by atoms with Crippen molar-refractivity contribution >= 4 is 5.78 Å². The van der Waals surface area contributed by atoms with Gasteiger partial charge in [0.25, 0.3) is 0 Å². The highest BCUT2D eigenvalue weighted by Gasteiger charge is 2.28. The lowest BCUT2D eigenvalue weighted by Crippen LogP contribution is -2.25. The van der Waals surface area contributed by atoms with Crippen LogP contribution in [0.25, 0.3) is 0 Å². The SMILES string of the molecule is CCCOCCC(C)(C#N)C(C)=O. The zero-order valence-electron chi connectivity index (χ0n) is 8.59. The Balaban J connectivity index is 3.87. The van der Waals surface area contributed by atoms with Crippen molar-refractivity contribution in [3.05, 3.63) is 0 Å². The molecule has 13 heavy (non-hydrogen) atoms. The Bertz CT molecular complexity index is 207. The van der Waals surface area contributed by atoms with Gasteiger partial charge in [0, 0.05) is 13.2 Å². The predicted molar refractivity (Wildman–Crippen MR) is 50.1 cm³/mol. The molecular formula is C10H17NO2. The average molecular weight is 183 g/mol. The van der Waals surface area contributed by atoms with Crippen LogP contribution in [0, 0.1) is 16.7 Å². The van der Waals surface area contributed by atoms with Gasteiger partial charge in [-0.15, -0.1) is 0 Å². The van der Waals surface area contributed by atoms with E-state index in [1.165, 1.54) is 6.92 Å². The third-order valence-corrected chi connectivity index (χ3v) is 2.12. The van der Waals surface area contributed by atoms with Crippen LogP contribution in [-0.4, -0.2) is 19.0 Å². The van der Waals surface area contributed by atoms with Gasteiger partial charge in [0.15, 0.2) is 0 Å². The fraction of sp³-hybridized carbons (Fsp3) is 0.800. The molecule has 0 fully saturated rings. The maximum absolute atomic E-state index is 11.1. The van der Waals surface area contributed by atoms with Gasteiger partial charge in [0.1, 0.15) is 11.2 Å². The van der Waals surface area contributed by atoms with Gasteiger partial charge >= 0.3 is 0 Å². The van der Waals surface area contributed by atoms with E-state index < -0.39 is 5.41 Å². The fourth-order valence-corrected chi connectivity index (χ4v) is 0.833. The van der Waals surface area contributed by atoms with Gasteiger partial charge in [0.2, 0.25) is 0 Å². The van der Waals surface area contributed by atoms with Gasteiger partial charge in [0.05, 0.1) is 6.07 Å². The molecule has 0 heterocycles. The van der Waals surface area contributed by atoms with E-state index in [-0.39, 0.29) is 5.78 Å². The minimum Gasteiger partial charge on any atom is -0.381 e. The Morgan fingerprint density at radius 3 is 2.54 bits per heavy atom. The maximum atomic E-state index is 11.1. The van der Waals surface area contributed by atoms with E-state index in [0.29, 0.717) is 19.6 Å². The van der Waals surface area contributed by atoms with E-state index in [1.54, 1.807) is 6.92 Å². The van der Waals surface area contributed by atoms with Crippen molar-refractivity contribution in [3.8, 4) is 6.07 Å². The Hall–Kier alpha value is -0.880. The molecule has 0 bridgehead atoms. The van der Waals surface area contributed by atoms with Crippen LogP contribution in [-0.2, 0) is 9.53 Å². The first-order valence-electron chi connectivity index (χ1n) is 4.57. The number of ether oxygens (including phenoxy) is 1. The molecule has 0 aliphatic carbocycles. The standard InChI is InChI=1S/C10H17NO2/c1-4-6-13-7-5-10(3,8-11)9(2)12/h4-7H2,1-3H3. The molecule has 1 atom stereocenters. The summed E-state index contributed by atoms with van der Waals surface area (Å²) in [5.74, 6) is -0.0879. The molecule has 0 spiro atoms. The van der Waals surface area contributed by atoms with Crippen LogP contribution in [0.15, 0.2) is 0 Å². The molecule has 0 aliphatic rings. The first-order chi connectivity index (χ1) is 6.06. The van der Waals surface area contributed by atoms with Crippen molar-refractivity contribution < 1.29 is 9.53 Å². The molecule has 0 saturated heterocycles. The smallest absolute Gasteiger partial charge is 0.149 e. The summed E-state index contributed by atoms with van der Waals surface area (Å²) in [6.45, 7) is 6.30. The summed E-state index contributed by atoms with van der Waals surface area (Å²) in [6.07, 6.45) is 1.45. The summed E-state index contributed by atoms with van der Waals surface area (Å²) < 4.78 is 5.23. The van der Waals surface area contributed by atoms with Gasteiger partial charge in [-0.25, -0.2) is 0 Å². The molecule has 0 aromatic heterocycles. The molecule has 0 aromatic rings. The van der Waals surface area contributed by atoms with Gasteiger partial charge in [-0.1, -0.05) is 6.92 Å². The van der Waals surface area contributed by atoms with E-state index in [1.807, 2.05) is 13.0 Å². The number of ketones is 1. The summed E-state index contributed by atoms with van der Waals surface area (Å²) >= 11 is 0. The molecular weight excluding hydrogens is 166 g/mol. The van der Waals surface area contributed by atoms with Crippen LogP contribution in [0.5, 0.6) is 0 Å². The molecule has 3 heteroatoms. The van der Waals surface area contributed by atoms with Crippen molar-refractivity contribution in [3.63, 3.8) is 0 Å². The largest absolute Gasteiger partial charge is 0.381 e.